The number of imidazole rings is 2. The summed E-state index contributed by atoms with van der Waals surface area (Å²) in [5.41, 5.74) is 4.55. The highest BCUT2D eigenvalue weighted by molar-refractivity contribution is 5.78. The zero-order chi connectivity index (χ0) is 18.5. The van der Waals surface area contributed by atoms with Crippen molar-refractivity contribution in [1.82, 2.24) is 18.9 Å². The number of anilines is 1. The van der Waals surface area contributed by atoms with Crippen LogP contribution in [0, 0.1) is 12.7 Å². The first kappa shape index (κ1) is 16.3. The Morgan fingerprint density at radius 3 is 2.93 bits per heavy atom. The van der Waals surface area contributed by atoms with Gasteiger partial charge in [0.25, 0.3) is 0 Å². The standard InChI is InChI=1S/C20H20FN5O/c1-13-4-3-5-19-22-16(11-26(13)19)18-12-25(8-9-27-18)20-23-15-7-6-14(21)10-17(15)24(20)2/h3-7,10-11,18H,8-9,12H2,1-2H3. The van der Waals surface area contributed by atoms with E-state index in [2.05, 4.69) is 22.3 Å². The molecule has 5 rings (SSSR count). The van der Waals surface area contributed by atoms with E-state index in [0.717, 1.165) is 40.6 Å². The van der Waals surface area contributed by atoms with E-state index >= 15 is 0 Å². The average molecular weight is 365 g/mol. The van der Waals surface area contributed by atoms with Crippen LogP contribution in [-0.2, 0) is 11.8 Å². The summed E-state index contributed by atoms with van der Waals surface area (Å²) in [6.07, 6.45) is 1.91. The molecule has 0 saturated carbocycles. The maximum atomic E-state index is 13.6. The monoisotopic (exact) mass is 365 g/mol. The molecule has 0 spiro atoms. The van der Waals surface area contributed by atoms with E-state index in [4.69, 9.17) is 14.7 Å². The quantitative estimate of drug-likeness (QED) is 0.547. The van der Waals surface area contributed by atoms with Crippen LogP contribution in [0.5, 0.6) is 0 Å². The lowest BCUT2D eigenvalue weighted by Gasteiger charge is -2.32. The fraction of sp³-hybridized carbons (Fsp3) is 0.300. The number of aromatic nitrogens is 4. The molecule has 1 saturated heterocycles. The van der Waals surface area contributed by atoms with Gasteiger partial charge in [-0.05, 0) is 37.3 Å². The van der Waals surface area contributed by atoms with Gasteiger partial charge in [0, 0.05) is 25.5 Å². The smallest absolute Gasteiger partial charge is 0.206 e. The topological polar surface area (TPSA) is 47.6 Å². The molecule has 1 fully saturated rings. The normalized spacial score (nSPS) is 17.9. The number of halogens is 1. The summed E-state index contributed by atoms with van der Waals surface area (Å²) in [4.78, 5) is 11.6. The van der Waals surface area contributed by atoms with Crippen molar-refractivity contribution >= 4 is 22.6 Å². The molecule has 0 N–H and O–H groups in total. The molecule has 6 nitrogen and oxygen atoms in total. The highest BCUT2D eigenvalue weighted by atomic mass is 19.1. The number of pyridine rings is 1. The van der Waals surface area contributed by atoms with Gasteiger partial charge in [0.15, 0.2) is 0 Å². The van der Waals surface area contributed by atoms with Crippen LogP contribution in [0.1, 0.15) is 17.5 Å². The van der Waals surface area contributed by atoms with Gasteiger partial charge in [-0.1, -0.05) is 6.07 Å². The highest BCUT2D eigenvalue weighted by Gasteiger charge is 2.27. The van der Waals surface area contributed by atoms with E-state index in [1.807, 2.05) is 29.9 Å². The van der Waals surface area contributed by atoms with Crippen molar-refractivity contribution in [3.05, 3.63) is 59.8 Å². The molecule has 3 aromatic heterocycles. The van der Waals surface area contributed by atoms with Gasteiger partial charge >= 0.3 is 0 Å². The Morgan fingerprint density at radius 2 is 2.07 bits per heavy atom. The van der Waals surface area contributed by atoms with Crippen LogP contribution in [-0.4, -0.2) is 38.6 Å². The van der Waals surface area contributed by atoms with E-state index in [1.54, 1.807) is 6.07 Å². The second kappa shape index (κ2) is 6.06. The summed E-state index contributed by atoms with van der Waals surface area (Å²) in [7, 11) is 1.92. The van der Waals surface area contributed by atoms with Crippen LogP contribution in [0.2, 0.25) is 0 Å². The lowest BCUT2D eigenvalue weighted by Crippen LogP contribution is -2.39. The molecule has 7 heteroatoms. The van der Waals surface area contributed by atoms with Crippen molar-refractivity contribution in [3.8, 4) is 0 Å². The minimum atomic E-state index is -0.253. The molecule has 27 heavy (non-hydrogen) atoms. The van der Waals surface area contributed by atoms with E-state index in [9.17, 15) is 4.39 Å². The second-order valence-electron chi connectivity index (χ2n) is 6.97. The first-order chi connectivity index (χ1) is 13.1. The van der Waals surface area contributed by atoms with E-state index in [1.165, 1.54) is 12.1 Å². The average Bonchev–Trinajstić information content (AvgIpc) is 3.25. The van der Waals surface area contributed by atoms with Crippen molar-refractivity contribution < 1.29 is 9.13 Å². The van der Waals surface area contributed by atoms with Gasteiger partial charge in [-0.3, -0.25) is 0 Å². The van der Waals surface area contributed by atoms with Gasteiger partial charge in [-0.25, -0.2) is 14.4 Å². The maximum Gasteiger partial charge on any atom is 0.206 e. The lowest BCUT2D eigenvalue weighted by molar-refractivity contribution is 0.0366. The first-order valence-corrected chi connectivity index (χ1v) is 9.03. The zero-order valence-corrected chi connectivity index (χ0v) is 15.3. The molecular formula is C20H20FN5O. The molecular weight excluding hydrogens is 345 g/mol. The Hall–Kier alpha value is -2.93. The van der Waals surface area contributed by atoms with E-state index in [-0.39, 0.29) is 11.9 Å². The van der Waals surface area contributed by atoms with Crippen molar-refractivity contribution in [1.29, 1.82) is 0 Å². The van der Waals surface area contributed by atoms with E-state index in [0.29, 0.717) is 13.2 Å². The number of fused-ring (bicyclic) bond motifs is 2. The largest absolute Gasteiger partial charge is 0.368 e. The summed E-state index contributed by atoms with van der Waals surface area (Å²) in [6, 6.07) is 10.8. The molecule has 1 aliphatic rings. The van der Waals surface area contributed by atoms with Crippen molar-refractivity contribution in [2.24, 2.45) is 7.05 Å². The summed E-state index contributed by atoms with van der Waals surface area (Å²) < 4.78 is 23.6. The summed E-state index contributed by atoms with van der Waals surface area (Å²) in [6.45, 7) is 4.05. The number of rotatable bonds is 2. The predicted molar refractivity (Wildman–Crippen MR) is 102 cm³/mol. The Morgan fingerprint density at radius 1 is 1.19 bits per heavy atom. The maximum absolute atomic E-state index is 13.6. The summed E-state index contributed by atoms with van der Waals surface area (Å²) >= 11 is 0. The summed E-state index contributed by atoms with van der Waals surface area (Å²) in [5, 5.41) is 0. The minimum Gasteiger partial charge on any atom is -0.368 e. The van der Waals surface area contributed by atoms with Gasteiger partial charge in [0.1, 0.15) is 17.6 Å². The molecule has 4 heterocycles. The number of benzene rings is 1. The molecule has 1 aliphatic heterocycles. The zero-order valence-electron chi connectivity index (χ0n) is 15.3. The number of hydrogen-bond acceptors (Lipinski definition) is 4. The van der Waals surface area contributed by atoms with Crippen molar-refractivity contribution in [3.63, 3.8) is 0 Å². The molecule has 0 aliphatic carbocycles. The number of nitrogens with zero attached hydrogens (tertiary/aromatic N) is 5. The fourth-order valence-electron chi connectivity index (χ4n) is 3.77. The van der Waals surface area contributed by atoms with Crippen LogP contribution in [0.4, 0.5) is 10.3 Å². The van der Waals surface area contributed by atoms with Crippen molar-refractivity contribution in [2.45, 2.75) is 13.0 Å². The van der Waals surface area contributed by atoms with Crippen LogP contribution in [0.25, 0.3) is 16.7 Å². The van der Waals surface area contributed by atoms with Crippen LogP contribution in [0.3, 0.4) is 0 Å². The van der Waals surface area contributed by atoms with Crippen molar-refractivity contribution in [2.75, 3.05) is 24.6 Å². The second-order valence-corrected chi connectivity index (χ2v) is 6.97. The van der Waals surface area contributed by atoms with Gasteiger partial charge in [0.2, 0.25) is 5.95 Å². The molecule has 1 aromatic carbocycles. The van der Waals surface area contributed by atoms with E-state index < -0.39 is 0 Å². The minimum absolute atomic E-state index is 0.130. The third kappa shape index (κ3) is 2.66. The number of ether oxygens (including phenoxy) is 1. The molecule has 0 bridgehead atoms. The Labute approximate surface area is 155 Å². The molecule has 0 amide bonds. The van der Waals surface area contributed by atoms with Gasteiger partial charge in [-0.15, -0.1) is 0 Å². The highest BCUT2D eigenvalue weighted by Crippen LogP contribution is 2.28. The van der Waals surface area contributed by atoms with Crippen LogP contribution < -0.4 is 4.90 Å². The molecule has 1 atom stereocenters. The van der Waals surface area contributed by atoms with Crippen LogP contribution in [0.15, 0.2) is 42.6 Å². The Balaban J connectivity index is 1.48. The predicted octanol–water partition coefficient (Wildman–Crippen LogP) is 3.25. The fourth-order valence-corrected chi connectivity index (χ4v) is 3.77. The molecule has 1 unspecified atom stereocenters. The molecule has 4 aromatic rings. The van der Waals surface area contributed by atoms with Gasteiger partial charge in [0.05, 0.1) is 29.9 Å². The molecule has 0 radical (unpaired) electrons. The van der Waals surface area contributed by atoms with Gasteiger partial charge in [-0.2, -0.15) is 0 Å². The number of aryl methyl sites for hydroxylation is 2. The number of morpholine rings is 1. The lowest BCUT2D eigenvalue weighted by atomic mass is 10.2. The SMILES string of the molecule is Cc1cccc2nc(C3CN(c4nc5ccc(F)cc5n4C)CCO3)cn12. The number of hydrogen-bond donors (Lipinski definition) is 0. The van der Waals surface area contributed by atoms with Gasteiger partial charge < -0.3 is 18.6 Å². The molecule has 138 valence electrons. The Bertz CT molecular complexity index is 1150. The third-order valence-electron chi connectivity index (χ3n) is 5.21. The third-order valence-corrected chi connectivity index (χ3v) is 5.21. The first-order valence-electron chi connectivity index (χ1n) is 9.03. The summed E-state index contributed by atoms with van der Waals surface area (Å²) in [5.74, 6) is 0.570. The Kier molecular flexibility index (Phi) is 3.65. The van der Waals surface area contributed by atoms with Crippen LogP contribution >= 0.6 is 0 Å².